The average molecular weight is 219 g/mol. The maximum Gasteiger partial charge on any atom is 0.333 e. The molecule has 0 fully saturated rings. The smallest absolute Gasteiger partial charge is 0.333 e. The van der Waals surface area contributed by atoms with Crippen LogP contribution in [0.15, 0.2) is 29.8 Å². The summed E-state index contributed by atoms with van der Waals surface area (Å²) >= 11 is 0. The van der Waals surface area contributed by atoms with Crippen LogP contribution in [-0.2, 0) is 9.53 Å². The van der Waals surface area contributed by atoms with E-state index in [1.807, 2.05) is 49.3 Å². The molecule has 0 aliphatic rings. The summed E-state index contributed by atoms with van der Waals surface area (Å²) in [7, 11) is 5.36. The third-order valence-corrected chi connectivity index (χ3v) is 2.30. The van der Waals surface area contributed by atoms with Crippen molar-refractivity contribution in [2.45, 2.75) is 6.92 Å². The molecule has 86 valence electrons. The first kappa shape index (κ1) is 12.3. The first-order chi connectivity index (χ1) is 7.54. The highest BCUT2D eigenvalue weighted by atomic mass is 16.5. The van der Waals surface area contributed by atoms with Gasteiger partial charge in [-0.3, -0.25) is 0 Å². The number of rotatable bonds is 3. The number of ether oxygens (including phenoxy) is 1. The van der Waals surface area contributed by atoms with Crippen molar-refractivity contribution in [3.8, 4) is 0 Å². The minimum Gasteiger partial charge on any atom is -0.466 e. The van der Waals surface area contributed by atoms with Gasteiger partial charge in [0, 0.05) is 25.4 Å². The summed E-state index contributed by atoms with van der Waals surface area (Å²) in [6, 6.07) is 7.97. The molecule has 0 saturated carbocycles. The number of carbonyl (C=O) groups is 1. The highest BCUT2D eigenvalue weighted by Gasteiger charge is 2.02. The second kappa shape index (κ2) is 5.35. The summed E-state index contributed by atoms with van der Waals surface area (Å²) in [6.45, 7) is 1.74. The molecule has 0 unspecified atom stereocenters. The van der Waals surface area contributed by atoms with Crippen molar-refractivity contribution in [1.82, 2.24) is 0 Å². The van der Waals surface area contributed by atoms with Crippen LogP contribution in [-0.4, -0.2) is 27.2 Å². The third-order valence-electron chi connectivity index (χ3n) is 2.30. The average Bonchev–Trinajstić information content (AvgIpc) is 2.28. The molecule has 3 heteroatoms. The zero-order valence-electron chi connectivity index (χ0n) is 10.2. The summed E-state index contributed by atoms with van der Waals surface area (Å²) in [4.78, 5) is 13.2. The lowest BCUT2D eigenvalue weighted by Crippen LogP contribution is -2.08. The molecule has 0 N–H and O–H groups in total. The highest BCUT2D eigenvalue weighted by Crippen LogP contribution is 2.14. The molecule has 0 aliphatic heterocycles. The Labute approximate surface area is 96.3 Å². The molecule has 0 atom stereocenters. The number of hydrogen-bond acceptors (Lipinski definition) is 3. The fraction of sp³-hybridized carbons (Fsp3) is 0.308. The van der Waals surface area contributed by atoms with Crippen molar-refractivity contribution in [2.24, 2.45) is 0 Å². The van der Waals surface area contributed by atoms with Crippen LogP contribution in [0.2, 0.25) is 0 Å². The molecule has 0 spiro atoms. The van der Waals surface area contributed by atoms with E-state index >= 15 is 0 Å². The minimum absolute atomic E-state index is 0.295. The second-order valence-corrected chi connectivity index (χ2v) is 3.80. The van der Waals surface area contributed by atoms with E-state index in [9.17, 15) is 4.79 Å². The third kappa shape index (κ3) is 3.12. The monoisotopic (exact) mass is 219 g/mol. The molecular formula is C13H17NO2. The SMILES string of the molecule is COC(=O)C(C)=Cc1ccc(N(C)C)cc1. The van der Waals surface area contributed by atoms with E-state index < -0.39 is 0 Å². The topological polar surface area (TPSA) is 29.5 Å². The van der Waals surface area contributed by atoms with Crippen molar-refractivity contribution in [3.63, 3.8) is 0 Å². The molecule has 0 amide bonds. The van der Waals surface area contributed by atoms with Gasteiger partial charge in [0.25, 0.3) is 0 Å². The van der Waals surface area contributed by atoms with Crippen molar-refractivity contribution in [1.29, 1.82) is 0 Å². The summed E-state index contributed by atoms with van der Waals surface area (Å²) in [5.74, 6) is -0.295. The Balaban J connectivity index is 2.87. The Morgan fingerprint density at radius 1 is 1.25 bits per heavy atom. The molecule has 16 heavy (non-hydrogen) atoms. The van der Waals surface area contributed by atoms with Crippen molar-refractivity contribution < 1.29 is 9.53 Å². The Morgan fingerprint density at radius 3 is 2.25 bits per heavy atom. The molecular weight excluding hydrogens is 202 g/mol. The van der Waals surface area contributed by atoms with E-state index in [4.69, 9.17) is 0 Å². The molecule has 0 radical (unpaired) electrons. The molecule has 0 bridgehead atoms. The van der Waals surface area contributed by atoms with Gasteiger partial charge in [0.1, 0.15) is 0 Å². The first-order valence-electron chi connectivity index (χ1n) is 5.08. The lowest BCUT2D eigenvalue weighted by molar-refractivity contribution is -0.135. The normalized spacial score (nSPS) is 11.1. The fourth-order valence-corrected chi connectivity index (χ4v) is 1.34. The van der Waals surface area contributed by atoms with E-state index in [0.29, 0.717) is 5.57 Å². The van der Waals surface area contributed by atoms with Crippen LogP contribution in [0.3, 0.4) is 0 Å². The van der Waals surface area contributed by atoms with Crippen LogP contribution in [0.25, 0.3) is 6.08 Å². The first-order valence-corrected chi connectivity index (χ1v) is 5.08. The molecule has 1 aromatic rings. The van der Waals surface area contributed by atoms with Gasteiger partial charge in [-0.2, -0.15) is 0 Å². The zero-order chi connectivity index (χ0) is 12.1. The molecule has 0 aromatic heterocycles. The van der Waals surface area contributed by atoms with Gasteiger partial charge >= 0.3 is 5.97 Å². The number of esters is 1. The van der Waals surface area contributed by atoms with Gasteiger partial charge < -0.3 is 9.64 Å². The predicted molar refractivity (Wildman–Crippen MR) is 66.4 cm³/mol. The van der Waals surface area contributed by atoms with Gasteiger partial charge in [-0.25, -0.2) is 4.79 Å². The van der Waals surface area contributed by atoms with Crippen molar-refractivity contribution >= 4 is 17.7 Å². The molecule has 0 heterocycles. The van der Waals surface area contributed by atoms with Gasteiger partial charge in [-0.15, -0.1) is 0 Å². The number of hydrogen-bond donors (Lipinski definition) is 0. The highest BCUT2D eigenvalue weighted by molar-refractivity contribution is 5.92. The van der Waals surface area contributed by atoms with E-state index in [-0.39, 0.29) is 5.97 Å². The summed E-state index contributed by atoms with van der Waals surface area (Å²) < 4.78 is 4.63. The number of carbonyl (C=O) groups excluding carboxylic acids is 1. The number of benzene rings is 1. The molecule has 0 saturated heterocycles. The van der Waals surface area contributed by atoms with Crippen LogP contribution < -0.4 is 4.90 Å². The largest absolute Gasteiger partial charge is 0.466 e. The predicted octanol–water partition coefficient (Wildman–Crippen LogP) is 2.33. The van der Waals surface area contributed by atoms with E-state index in [2.05, 4.69) is 4.74 Å². The van der Waals surface area contributed by atoms with Gasteiger partial charge in [-0.1, -0.05) is 12.1 Å². The van der Waals surface area contributed by atoms with E-state index in [1.165, 1.54) is 7.11 Å². The van der Waals surface area contributed by atoms with Gasteiger partial charge in [0.05, 0.1) is 7.11 Å². The molecule has 0 aliphatic carbocycles. The van der Waals surface area contributed by atoms with Crippen molar-refractivity contribution in [3.05, 3.63) is 35.4 Å². The Kier molecular flexibility index (Phi) is 4.11. The van der Waals surface area contributed by atoms with Crippen LogP contribution in [0.4, 0.5) is 5.69 Å². The Hall–Kier alpha value is -1.77. The summed E-state index contributed by atoms with van der Waals surface area (Å²) in [5.41, 5.74) is 2.72. The Bertz CT molecular complexity index is 391. The number of anilines is 1. The maximum absolute atomic E-state index is 11.2. The molecule has 1 rings (SSSR count). The van der Waals surface area contributed by atoms with E-state index in [1.54, 1.807) is 6.92 Å². The summed E-state index contributed by atoms with van der Waals surface area (Å²) in [5, 5.41) is 0. The van der Waals surface area contributed by atoms with Crippen LogP contribution in [0.5, 0.6) is 0 Å². The lowest BCUT2D eigenvalue weighted by atomic mass is 10.1. The van der Waals surface area contributed by atoms with Crippen LogP contribution in [0.1, 0.15) is 12.5 Å². The van der Waals surface area contributed by atoms with Crippen LogP contribution in [0, 0.1) is 0 Å². The molecule has 3 nitrogen and oxygen atoms in total. The standard InChI is InChI=1S/C13H17NO2/c1-10(13(15)16-4)9-11-5-7-12(8-6-11)14(2)3/h5-9H,1-4H3. The lowest BCUT2D eigenvalue weighted by Gasteiger charge is -2.11. The quantitative estimate of drug-likeness (QED) is 0.577. The number of nitrogens with zero attached hydrogens (tertiary/aromatic N) is 1. The zero-order valence-corrected chi connectivity index (χ0v) is 10.2. The Morgan fingerprint density at radius 2 is 1.81 bits per heavy atom. The van der Waals surface area contributed by atoms with Gasteiger partial charge in [0.2, 0.25) is 0 Å². The maximum atomic E-state index is 11.2. The molecule has 1 aromatic carbocycles. The second-order valence-electron chi connectivity index (χ2n) is 3.80. The van der Waals surface area contributed by atoms with E-state index in [0.717, 1.165) is 11.3 Å². The fourth-order valence-electron chi connectivity index (χ4n) is 1.34. The minimum atomic E-state index is -0.295. The van der Waals surface area contributed by atoms with Crippen LogP contribution >= 0.6 is 0 Å². The van der Waals surface area contributed by atoms with Gasteiger partial charge in [0.15, 0.2) is 0 Å². The summed E-state index contributed by atoms with van der Waals surface area (Å²) in [6.07, 6.45) is 1.81. The van der Waals surface area contributed by atoms with Crippen molar-refractivity contribution in [2.75, 3.05) is 26.1 Å². The van der Waals surface area contributed by atoms with Gasteiger partial charge in [-0.05, 0) is 30.7 Å². The number of methoxy groups -OCH3 is 1.